The second kappa shape index (κ2) is 8.09. The second-order valence-electron chi connectivity index (χ2n) is 9.85. The van der Waals surface area contributed by atoms with Crippen LogP contribution in [0.15, 0.2) is 36.0 Å². The van der Waals surface area contributed by atoms with Crippen LogP contribution in [-0.2, 0) is 25.4 Å². The van der Waals surface area contributed by atoms with Gasteiger partial charge < -0.3 is 10.2 Å². The van der Waals surface area contributed by atoms with Crippen LogP contribution in [0.1, 0.15) is 63.3 Å². The van der Waals surface area contributed by atoms with Crippen molar-refractivity contribution in [2.75, 3.05) is 11.9 Å². The third-order valence-electron chi connectivity index (χ3n) is 6.24. The monoisotopic (exact) mass is 476 g/mol. The first-order valence-electron chi connectivity index (χ1n) is 11.3. The molecule has 0 saturated heterocycles. The topological polar surface area (TPSA) is 84.5 Å². The Morgan fingerprint density at radius 3 is 2.74 bits per heavy atom. The van der Waals surface area contributed by atoms with E-state index in [4.69, 9.17) is 0 Å². The van der Waals surface area contributed by atoms with Crippen molar-refractivity contribution >= 4 is 34.6 Å². The number of fused-ring (bicyclic) bond motifs is 2. The van der Waals surface area contributed by atoms with Crippen molar-refractivity contribution in [1.82, 2.24) is 24.1 Å². The minimum absolute atomic E-state index is 0.0484. The van der Waals surface area contributed by atoms with Crippen LogP contribution in [0.4, 0.5) is 5.82 Å². The Bertz CT molecular complexity index is 1420. The molecule has 0 atom stereocenters. The molecule has 0 radical (unpaired) electrons. The van der Waals surface area contributed by atoms with Gasteiger partial charge in [-0.15, -0.1) is 11.3 Å². The smallest absolute Gasteiger partial charge is 0.272 e. The third kappa shape index (κ3) is 3.90. The summed E-state index contributed by atoms with van der Waals surface area (Å²) in [6, 6.07) is 5.82. The fourth-order valence-corrected chi connectivity index (χ4v) is 5.33. The molecular formula is C25H28N6O2S. The molecule has 0 bridgehead atoms. The molecule has 0 aromatic carbocycles. The zero-order valence-electron chi connectivity index (χ0n) is 20.0. The van der Waals surface area contributed by atoms with Gasteiger partial charge in [0.1, 0.15) is 17.2 Å². The van der Waals surface area contributed by atoms with Crippen LogP contribution in [-0.4, -0.2) is 42.4 Å². The molecule has 4 aromatic heterocycles. The number of carbonyl (C=O) groups is 2. The van der Waals surface area contributed by atoms with Crippen molar-refractivity contribution in [1.29, 1.82) is 0 Å². The van der Waals surface area contributed by atoms with Gasteiger partial charge in [0.25, 0.3) is 11.8 Å². The summed E-state index contributed by atoms with van der Waals surface area (Å²) in [7, 11) is 1.83. The minimum atomic E-state index is -0.141. The normalized spacial score (nSPS) is 13.9. The molecular weight excluding hydrogens is 448 g/mol. The lowest BCUT2D eigenvalue weighted by molar-refractivity contribution is 0.0730. The highest BCUT2D eigenvalue weighted by Gasteiger charge is 2.29. The van der Waals surface area contributed by atoms with Gasteiger partial charge >= 0.3 is 0 Å². The van der Waals surface area contributed by atoms with E-state index in [1.54, 1.807) is 10.9 Å². The summed E-state index contributed by atoms with van der Waals surface area (Å²) in [6.45, 7) is 9.33. The highest BCUT2D eigenvalue weighted by Crippen LogP contribution is 2.31. The molecule has 9 heteroatoms. The Morgan fingerprint density at radius 1 is 1.21 bits per heavy atom. The van der Waals surface area contributed by atoms with E-state index >= 15 is 0 Å². The van der Waals surface area contributed by atoms with E-state index in [1.165, 1.54) is 11.3 Å². The van der Waals surface area contributed by atoms with Crippen LogP contribution in [0, 0.1) is 6.92 Å². The van der Waals surface area contributed by atoms with Gasteiger partial charge in [-0.05, 0) is 30.5 Å². The molecule has 1 aliphatic heterocycles. The molecule has 1 aliphatic rings. The fraction of sp³-hybridized carbons (Fsp3) is 0.360. The number of amides is 2. The molecule has 4 aromatic rings. The number of rotatable bonds is 3. The van der Waals surface area contributed by atoms with Crippen molar-refractivity contribution in [3.63, 3.8) is 0 Å². The average molecular weight is 477 g/mol. The Balaban J connectivity index is 1.34. The van der Waals surface area contributed by atoms with Gasteiger partial charge in [0.05, 0.1) is 24.0 Å². The van der Waals surface area contributed by atoms with E-state index in [2.05, 4.69) is 36.2 Å². The standard InChI is InChI=1S/C25H28N6O2S/c1-15-6-7-21-26-11-18(31(21)12-15)24(33)30-9-8-16-17(14-34-19(16)13-30)23(32)27-22-10-20(25(2,3)4)28-29(22)5/h6-7,10-12,14H,8-9,13H2,1-5H3,(H,27,32). The quantitative estimate of drug-likeness (QED) is 0.481. The van der Waals surface area contributed by atoms with E-state index in [-0.39, 0.29) is 17.2 Å². The molecule has 5 rings (SSSR count). The van der Waals surface area contributed by atoms with Gasteiger partial charge in [-0.25, -0.2) is 4.98 Å². The number of hydrogen-bond acceptors (Lipinski definition) is 5. The molecule has 0 unspecified atom stereocenters. The summed E-state index contributed by atoms with van der Waals surface area (Å²) in [5, 5.41) is 9.45. The minimum Gasteiger partial charge on any atom is -0.332 e. The summed E-state index contributed by atoms with van der Waals surface area (Å²) in [5.41, 5.74) is 4.91. The van der Waals surface area contributed by atoms with Crippen molar-refractivity contribution in [3.05, 3.63) is 68.9 Å². The molecule has 34 heavy (non-hydrogen) atoms. The lowest BCUT2D eigenvalue weighted by Crippen LogP contribution is -2.36. The van der Waals surface area contributed by atoms with Crippen LogP contribution >= 0.6 is 11.3 Å². The van der Waals surface area contributed by atoms with E-state index in [0.29, 0.717) is 36.6 Å². The molecule has 2 amide bonds. The van der Waals surface area contributed by atoms with Gasteiger partial charge in [-0.2, -0.15) is 5.10 Å². The highest BCUT2D eigenvalue weighted by atomic mass is 32.1. The number of thiophene rings is 1. The molecule has 5 heterocycles. The summed E-state index contributed by atoms with van der Waals surface area (Å²) in [6.07, 6.45) is 4.21. The summed E-state index contributed by atoms with van der Waals surface area (Å²) in [4.78, 5) is 33.6. The number of nitrogens with zero attached hydrogens (tertiary/aromatic N) is 5. The maximum atomic E-state index is 13.3. The van der Waals surface area contributed by atoms with Crippen LogP contribution < -0.4 is 5.32 Å². The van der Waals surface area contributed by atoms with Crippen LogP contribution in [0.5, 0.6) is 0 Å². The van der Waals surface area contributed by atoms with Crippen molar-refractivity contribution in [2.24, 2.45) is 7.05 Å². The van der Waals surface area contributed by atoms with Crippen molar-refractivity contribution in [3.8, 4) is 0 Å². The summed E-state index contributed by atoms with van der Waals surface area (Å²) in [5.74, 6) is 0.483. The Labute approximate surface area is 202 Å². The first-order valence-corrected chi connectivity index (χ1v) is 12.2. The summed E-state index contributed by atoms with van der Waals surface area (Å²) < 4.78 is 3.55. The Morgan fingerprint density at radius 2 is 2.00 bits per heavy atom. The van der Waals surface area contributed by atoms with Gasteiger partial charge in [-0.3, -0.25) is 18.7 Å². The molecule has 0 aliphatic carbocycles. The van der Waals surface area contributed by atoms with Crippen LogP contribution in [0.2, 0.25) is 0 Å². The van der Waals surface area contributed by atoms with Crippen LogP contribution in [0.25, 0.3) is 5.65 Å². The number of aryl methyl sites for hydroxylation is 2. The predicted molar refractivity (Wildman–Crippen MR) is 133 cm³/mol. The predicted octanol–water partition coefficient (Wildman–Crippen LogP) is 4.19. The number of pyridine rings is 1. The van der Waals surface area contributed by atoms with E-state index in [0.717, 1.165) is 27.3 Å². The first kappa shape index (κ1) is 22.3. The van der Waals surface area contributed by atoms with Crippen molar-refractivity contribution < 1.29 is 9.59 Å². The molecule has 0 spiro atoms. The lowest BCUT2D eigenvalue weighted by Gasteiger charge is -2.27. The molecule has 0 fully saturated rings. The molecule has 1 N–H and O–H groups in total. The Hall–Kier alpha value is -3.46. The second-order valence-corrected chi connectivity index (χ2v) is 10.8. The van der Waals surface area contributed by atoms with Gasteiger partial charge in [-0.1, -0.05) is 26.8 Å². The van der Waals surface area contributed by atoms with E-state index in [1.807, 2.05) is 53.0 Å². The van der Waals surface area contributed by atoms with E-state index in [9.17, 15) is 9.59 Å². The number of aromatic nitrogens is 4. The third-order valence-corrected chi connectivity index (χ3v) is 7.25. The van der Waals surface area contributed by atoms with E-state index < -0.39 is 0 Å². The molecule has 8 nitrogen and oxygen atoms in total. The highest BCUT2D eigenvalue weighted by molar-refractivity contribution is 7.10. The zero-order chi connectivity index (χ0) is 24.2. The lowest BCUT2D eigenvalue weighted by atomic mass is 9.92. The van der Waals surface area contributed by atoms with Crippen molar-refractivity contribution in [2.45, 2.75) is 46.1 Å². The number of anilines is 1. The zero-order valence-corrected chi connectivity index (χ0v) is 20.9. The number of hydrogen-bond donors (Lipinski definition) is 1. The van der Waals surface area contributed by atoms with Gasteiger partial charge in [0.15, 0.2) is 0 Å². The van der Waals surface area contributed by atoms with Gasteiger partial charge in [0, 0.05) is 41.5 Å². The largest absolute Gasteiger partial charge is 0.332 e. The number of nitrogens with one attached hydrogen (secondary N) is 1. The van der Waals surface area contributed by atoms with Gasteiger partial charge in [0.2, 0.25) is 0 Å². The van der Waals surface area contributed by atoms with Crippen LogP contribution in [0.3, 0.4) is 0 Å². The SMILES string of the molecule is Cc1ccc2ncc(C(=O)N3CCc4c(C(=O)Nc5cc(C(C)(C)C)nn5C)csc4C3)n2c1. The maximum Gasteiger partial charge on any atom is 0.272 e. The molecule has 176 valence electrons. The first-order chi connectivity index (χ1) is 16.1. The number of imidazole rings is 1. The summed E-state index contributed by atoms with van der Waals surface area (Å²) >= 11 is 1.53. The average Bonchev–Trinajstić information content (AvgIpc) is 3.49. The Kier molecular flexibility index (Phi) is 5.31. The maximum absolute atomic E-state index is 13.3. The fourth-order valence-electron chi connectivity index (χ4n) is 4.23. The molecule has 0 saturated carbocycles. The number of carbonyl (C=O) groups excluding carboxylic acids is 2.